The van der Waals surface area contributed by atoms with Crippen molar-refractivity contribution in [3.63, 3.8) is 0 Å². The summed E-state index contributed by atoms with van der Waals surface area (Å²) in [7, 11) is -0.0440. The van der Waals surface area contributed by atoms with Gasteiger partial charge in [0.2, 0.25) is 10.0 Å². The van der Waals surface area contributed by atoms with Crippen LogP contribution in [0.25, 0.3) is 0 Å². The average Bonchev–Trinajstić information content (AvgIpc) is 2.42. The molecule has 0 saturated carbocycles. The fourth-order valence-electron chi connectivity index (χ4n) is 2.40. The highest BCUT2D eigenvalue weighted by Gasteiger charge is 2.24. The molecular formula is C15H26N2O3S. The van der Waals surface area contributed by atoms with Crippen LogP contribution >= 0.6 is 0 Å². The summed E-state index contributed by atoms with van der Waals surface area (Å²) in [4.78, 5) is 0.395. The van der Waals surface area contributed by atoms with Gasteiger partial charge in [-0.3, -0.25) is 0 Å². The van der Waals surface area contributed by atoms with Crippen LogP contribution in [0.15, 0.2) is 17.0 Å². The van der Waals surface area contributed by atoms with E-state index in [0.717, 1.165) is 29.7 Å². The first-order valence-corrected chi connectivity index (χ1v) is 8.64. The van der Waals surface area contributed by atoms with E-state index < -0.39 is 10.0 Å². The van der Waals surface area contributed by atoms with Crippen LogP contribution in [0.3, 0.4) is 0 Å². The maximum Gasteiger partial charge on any atom is 0.243 e. The Morgan fingerprint density at radius 3 is 2.19 bits per heavy atom. The molecule has 21 heavy (non-hydrogen) atoms. The summed E-state index contributed by atoms with van der Waals surface area (Å²) in [6, 6.07) is 3.69. The van der Waals surface area contributed by atoms with Crippen LogP contribution in [0.1, 0.15) is 30.4 Å². The maximum absolute atomic E-state index is 12.7. The zero-order valence-corrected chi connectivity index (χ0v) is 14.1. The van der Waals surface area contributed by atoms with Crippen molar-refractivity contribution in [2.24, 2.45) is 0 Å². The summed E-state index contributed by atoms with van der Waals surface area (Å²) < 4.78 is 26.8. The number of aryl methyl sites for hydroxylation is 2. The van der Waals surface area contributed by atoms with Gasteiger partial charge in [-0.15, -0.1) is 0 Å². The van der Waals surface area contributed by atoms with Crippen molar-refractivity contribution in [2.75, 3.05) is 32.6 Å². The van der Waals surface area contributed by atoms with Crippen LogP contribution in [0.5, 0.6) is 0 Å². The molecule has 0 saturated heterocycles. The lowest BCUT2D eigenvalue weighted by atomic mass is 10.1. The Morgan fingerprint density at radius 1 is 1.14 bits per heavy atom. The van der Waals surface area contributed by atoms with Crippen LogP contribution in [-0.2, 0) is 10.0 Å². The van der Waals surface area contributed by atoms with Crippen molar-refractivity contribution in [1.82, 2.24) is 4.31 Å². The lowest BCUT2D eigenvalue weighted by Crippen LogP contribution is -2.29. The van der Waals surface area contributed by atoms with E-state index >= 15 is 0 Å². The predicted octanol–water partition coefficient (Wildman–Crippen LogP) is 2.13. The number of unbranched alkanes of at least 4 members (excludes halogenated alkanes) is 2. The first-order valence-electron chi connectivity index (χ1n) is 7.20. The van der Waals surface area contributed by atoms with E-state index in [-0.39, 0.29) is 6.61 Å². The molecule has 1 rings (SSSR count). The van der Waals surface area contributed by atoms with Crippen molar-refractivity contribution in [2.45, 2.75) is 38.0 Å². The molecule has 0 spiro atoms. The Bertz CT molecular complexity index is 547. The van der Waals surface area contributed by atoms with Gasteiger partial charge >= 0.3 is 0 Å². The molecule has 0 aliphatic carbocycles. The zero-order valence-electron chi connectivity index (χ0n) is 13.3. The van der Waals surface area contributed by atoms with E-state index in [4.69, 9.17) is 5.11 Å². The second-order valence-electron chi connectivity index (χ2n) is 5.30. The van der Waals surface area contributed by atoms with Gasteiger partial charge in [0, 0.05) is 32.9 Å². The molecule has 120 valence electrons. The van der Waals surface area contributed by atoms with Gasteiger partial charge < -0.3 is 10.4 Å². The molecule has 5 nitrogen and oxygen atoms in total. The topological polar surface area (TPSA) is 69.6 Å². The molecular weight excluding hydrogens is 288 g/mol. The number of hydrogen-bond donors (Lipinski definition) is 2. The molecule has 0 aliphatic heterocycles. The fourth-order valence-corrected chi connectivity index (χ4v) is 4.01. The van der Waals surface area contributed by atoms with E-state index in [1.165, 1.54) is 4.31 Å². The largest absolute Gasteiger partial charge is 0.396 e. The highest BCUT2D eigenvalue weighted by Crippen LogP contribution is 2.26. The lowest BCUT2D eigenvalue weighted by Gasteiger charge is -2.20. The smallest absolute Gasteiger partial charge is 0.243 e. The van der Waals surface area contributed by atoms with Gasteiger partial charge in [-0.05, 0) is 56.4 Å². The maximum atomic E-state index is 12.7. The van der Waals surface area contributed by atoms with Crippen LogP contribution in [-0.4, -0.2) is 45.1 Å². The number of aliphatic hydroxyl groups is 1. The summed E-state index contributed by atoms with van der Waals surface area (Å²) in [6.07, 6.45) is 2.29. The van der Waals surface area contributed by atoms with Gasteiger partial charge in [-0.1, -0.05) is 0 Å². The Labute approximate surface area is 128 Å². The summed E-state index contributed by atoms with van der Waals surface area (Å²) in [5, 5.41) is 11.8. The average molecular weight is 314 g/mol. The third kappa shape index (κ3) is 4.43. The highest BCUT2D eigenvalue weighted by atomic mass is 32.2. The standard InChI is InChI=1S/C15H26N2O3S/c1-12-10-14(16-3)11-13(2)15(12)21(19,20)17(4)8-6-5-7-9-18/h10-11,16,18H,5-9H2,1-4H3. The number of sulfonamides is 1. The number of benzene rings is 1. The highest BCUT2D eigenvalue weighted by molar-refractivity contribution is 7.89. The molecule has 0 radical (unpaired) electrons. The molecule has 0 aromatic heterocycles. The molecule has 0 amide bonds. The Balaban J connectivity index is 2.97. The van der Waals surface area contributed by atoms with Crippen LogP contribution in [0.2, 0.25) is 0 Å². The quantitative estimate of drug-likeness (QED) is 0.721. The van der Waals surface area contributed by atoms with Crippen LogP contribution < -0.4 is 5.32 Å². The lowest BCUT2D eigenvalue weighted by molar-refractivity contribution is 0.281. The Morgan fingerprint density at radius 2 is 1.71 bits per heavy atom. The van der Waals surface area contributed by atoms with Gasteiger partial charge in [0.1, 0.15) is 0 Å². The number of anilines is 1. The van der Waals surface area contributed by atoms with E-state index in [2.05, 4.69) is 5.32 Å². The predicted molar refractivity (Wildman–Crippen MR) is 86.2 cm³/mol. The summed E-state index contributed by atoms with van der Waals surface area (Å²) in [5.74, 6) is 0. The molecule has 1 aromatic carbocycles. The molecule has 0 aliphatic rings. The molecule has 6 heteroatoms. The van der Waals surface area contributed by atoms with Crippen molar-refractivity contribution < 1.29 is 13.5 Å². The SMILES string of the molecule is CNc1cc(C)c(S(=O)(=O)N(C)CCCCCO)c(C)c1. The number of hydrogen-bond acceptors (Lipinski definition) is 4. The van der Waals surface area contributed by atoms with E-state index in [0.29, 0.717) is 17.9 Å². The number of nitrogens with zero attached hydrogens (tertiary/aromatic N) is 1. The van der Waals surface area contributed by atoms with E-state index in [9.17, 15) is 8.42 Å². The second-order valence-corrected chi connectivity index (χ2v) is 7.28. The normalized spacial score (nSPS) is 11.9. The first-order chi connectivity index (χ1) is 9.84. The van der Waals surface area contributed by atoms with Gasteiger partial charge in [-0.2, -0.15) is 0 Å². The monoisotopic (exact) mass is 314 g/mol. The minimum absolute atomic E-state index is 0.153. The third-order valence-electron chi connectivity index (χ3n) is 3.55. The van der Waals surface area contributed by atoms with Crippen LogP contribution in [0.4, 0.5) is 5.69 Å². The Hall–Kier alpha value is -1.11. The number of nitrogens with one attached hydrogen (secondary N) is 1. The molecule has 0 bridgehead atoms. The second kappa shape index (κ2) is 7.77. The van der Waals surface area contributed by atoms with Gasteiger partial charge in [-0.25, -0.2) is 12.7 Å². The van der Waals surface area contributed by atoms with Crippen molar-refractivity contribution in [3.05, 3.63) is 23.3 Å². The minimum Gasteiger partial charge on any atom is -0.396 e. The van der Waals surface area contributed by atoms with E-state index in [1.807, 2.05) is 33.0 Å². The van der Waals surface area contributed by atoms with Crippen molar-refractivity contribution >= 4 is 15.7 Å². The van der Waals surface area contributed by atoms with Crippen molar-refractivity contribution in [1.29, 1.82) is 0 Å². The molecule has 0 fully saturated rings. The molecule has 2 N–H and O–H groups in total. The van der Waals surface area contributed by atoms with Crippen LogP contribution in [0, 0.1) is 13.8 Å². The molecule has 0 atom stereocenters. The Kier molecular flexibility index (Phi) is 6.64. The van der Waals surface area contributed by atoms with E-state index in [1.54, 1.807) is 7.05 Å². The number of rotatable bonds is 8. The first kappa shape index (κ1) is 17.9. The summed E-state index contributed by atoms with van der Waals surface area (Å²) in [6.45, 7) is 4.26. The fraction of sp³-hybridized carbons (Fsp3) is 0.600. The van der Waals surface area contributed by atoms with Gasteiger partial charge in [0.05, 0.1) is 4.90 Å². The molecule has 1 aromatic rings. The van der Waals surface area contributed by atoms with Gasteiger partial charge in [0.15, 0.2) is 0 Å². The van der Waals surface area contributed by atoms with Crippen molar-refractivity contribution in [3.8, 4) is 0 Å². The third-order valence-corrected chi connectivity index (χ3v) is 5.71. The zero-order chi connectivity index (χ0) is 16.0. The molecule has 0 heterocycles. The minimum atomic E-state index is -3.47. The molecule has 0 unspecified atom stereocenters. The summed E-state index contributed by atoms with van der Waals surface area (Å²) in [5.41, 5.74) is 2.41. The van der Waals surface area contributed by atoms with Gasteiger partial charge in [0.25, 0.3) is 0 Å². The summed E-state index contributed by atoms with van der Waals surface area (Å²) >= 11 is 0. The number of aliphatic hydroxyl groups excluding tert-OH is 1.